The maximum atomic E-state index is 12.3. The minimum atomic E-state index is -0.134. The zero-order chi connectivity index (χ0) is 19.0. The fourth-order valence-corrected chi connectivity index (χ4v) is 4.37. The summed E-state index contributed by atoms with van der Waals surface area (Å²) in [5, 5.41) is 12.4. The molecule has 2 aromatic heterocycles. The molecule has 1 amide bonds. The average molecular weight is 406 g/mol. The number of carbonyl (C=O) groups excluding carboxylic acids is 1. The zero-order valence-corrected chi connectivity index (χ0v) is 16.8. The summed E-state index contributed by atoms with van der Waals surface area (Å²) in [6.07, 6.45) is 0. The van der Waals surface area contributed by atoms with Crippen LogP contribution in [-0.4, -0.2) is 44.6 Å². The lowest BCUT2D eigenvalue weighted by molar-refractivity contribution is -0.113. The predicted octanol–water partition coefficient (Wildman–Crippen LogP) is 3.05. The van der Waals surface area contributed by atoms with Crippen molar-refractivity contribution in [1.82, 2.24) is 19.7 Å². The van der Waals surface area contributed by atoms with Gasteiger partial charge in [0.05, 0.1) is 16.0 Å². The third-order valence-electron chi connectivity index (χ3n) is 4.02. The molecule has 0 spiro atoms. The molecule has 3 heterocycles. The largest absolute Gasteiger partial charge is 0.486 e. The Hall–Kier alpha value is -2.33. The van der Waals surface area contributed by atoms with E-state index in [0.29, 0.717) is 29.8 Å². The number of nitrogens with one attached hydrogen (secondary N) is 1. The molecule has 0 atom stereocenters. The molecule has 142 valence electrons. The SMILES string of the molecule is CC(C)c1nnc(SCC(=O)Nc2nc3cc4c(cc3s2)OCCO4)n1C. The first-order valence-corrected chi connectivity index (χ1v) is 10.3. The molecule has 0 saturated heterocycles. The average Bonchev–Trinajstić information content (AvgIpc) is 3.20. The minimum Gasteiger partial charge on any atom is -0.486 e. The third kappa shape index (κ3) is 3.72. The highest BCUT2D eigenvalue weighted by Crippen LogP contribution is 2.37. The van der Waals surface area contributed by atoms with E-state index in [9.17, 15) is 4.79 Å². The van der Waals surface area contributed by atoms with Crippen LogP contribution in [0.2, 0.25) is 0 Å². The van der Waals surface area contributed by atoms with Crippen LogP contribution in [0.4, 0.5) is 5.13 Å². The van der Waals surface area contributed by atoms with Crippen LogP contribution in [0.1, 0.15) is 25.6 Å². The van der Waals surface area contributed by atoms with Crippen LogP contribution in [0.25, 0.3) is 10.2 Å². The number of benzene rings is 1. The van der Waals surface area contributed by atoms with Crippen LogP contribution in [0.5, 0.6) is 11.5 Å². The molecule has 4 rings (SSSR count). The van der Waals surface area contributed by atoms with Gasteiger partial charge in [0.25, 0.3) is 0 Å². The number of amides is 1. The van der Waals surface area contributed by atoms with E-state index in [1.807, 2.05) is 23.7 Å². The summed E-state index contributed by atoms with van der Waals surface area (Å²) in [5.74, 6) is 2.70. The Bertz CT molecular complexity index is 955. The Morgan fingerprint density at radius 1 is 1.30 bits per heavy atom. The standard InChI is InChI=1S/C17H19N5O3S2/c1-9(2)15-20-21-17(22(15)3)26-8-14(23)19-16-18-10-6-11-12(7-13(10)27-16)25-5-4-24-11/h6-7,9H,4-5,8H2,1-3H3,(H,18,19,23). The maximum absolute atomic E-state index is 12.3. The van der Waals surface area contributed by atoms with Crippen LogP contribution < -0.4 is 14.8 Å². The molecule has 1 aliphatic rings. The van der Waals surface area contributed by atoms with Crippen molar-refractivity contribution in [2.45, 2.75) is 24.9 Å². The van der Waals surface area contributed by atoms with Crippen molar-refractivity contribution in [2.24, 2.45) is 7.05 Å². The molecule has 0 bridgehead atoms. The van der Waals surface area contributed by atoms with E-state index in [-0.39, 0.29) is 17.6 Å². The summed E-state index contributed by atoms with van der Waals surface area (Å²) < 4.78 is 14.0. The first kappa shape index (κ1) is 18.1. The normalized spacial score (nSPS) is 13.3. The van der Waals surface area contributed by atoms with Crippen molar-refractivity contribution in [3.8, 4) is 11.5 Å². The Morgan fingerprint density at radius 2 is 2.04 bits per heavy atom. The second kappa shape index (κ2) is 7.35. The number of anilines is 1. The Balaban J connectivity index is 1.42. The van der Waals surface area contributed by atoms with Gasteiger partial charge < -0.3 is 19.4 Å². The number of hydrogen-bond acceptors (Lipinski definition) is 8. The molecule has 8 nitrogen and oxygen atoms in total. The lowest BCUT2D eigenvalue weighted by atomic mass is 10.2. The molecule has 0 aliphatic carbocycles. The smallest absolute Gasteiger partial charge is 0.236 e. The third-order valence-corrected chi connectivity index (χ3v) is 5.97. The van der Waals surface area contributed by atoms with Gasteiger partial charge in [-0.2, -0.15) is 0 Å². The molecule has 0 saturated carbocycles. The second-order valence-corrected chi connectivity index (χ2v) is 8.35. The number of aromatic nitrogens is 4. The molecule has 0 unspecified atom stereocenters. The van der Waals surface area contributed by atoms with Crippen LogP contribution >= 0.6 is 23.1 Å². The molecular weight excluding hydrogens is 386 g/mol. The van der Waals surface area contributed by atoms with Crippen LogP contribution in [0, 0.1) is 0 Å². The molecule has 1 N–H and O–H groups in total. The van der Waals surface area contributed by atoms with Gasteiger partial charge in [-0.05, 0) is 0 Å². The van der Waals surface area contributed by atoms with Crippen molar-refractivity contribution in [3.05, 3.63) is 18.0 Å². The van der Waals surface area contributed by atoms with Gasteiger partial charge in [0, 0.05) is 25.1 Å². The highest BCUT2D eigenvalue weighted by molar-refractivity contribution is 7.99. The molecule has 1 aliphatic heterocycles. The van der Waals surface area contributed by atoms with E-state index in [1.165, 1.54) is 23.1 Å². The van der Waals surface area contributed by atoms with Crippen LogP contribution in [-0.2, 0) is 11.8 Å². The first-order chi connectivity index (χ1) is 13.0. The number of carbonyl (C=O) groups is 1. The number of fused-ring (bicyclic) bond motifs is 2. The minimum absolute atomic E-state index is 0.134. The fraction of sp³-hybridized carbons (Fsp3) is 0.412. The van der Waals surface area contributed by atoms with Crippen LogP contribution in [0.15, 0.2) is 17.3 Å². The van der Waals surface area contributed by atoms with Crippen molar-refractivity contribution in [2.75, 3.05) is 24.3 Å². The monoisotopic (exact) mass is 405 g/mol. The van der Waals surface area contributed by atoms with E-state index < -0.39 is 0 Å². The number of nitrogens with zero attached hydrogens (tertiary/aromatic N) is 4. The summed E-state index contributed by atoms with van der Waals surface area (Å²) in [5.41, 5.74) is 0.780. The second-order valence-electron chi connectivity index (χ2n) is 6.37. The van der Waals surface area contributed by atoms with Crippen molar-refractivity contribution >= 4 is 44.4 Å². The van der Waals surface area contributed by atoms with Crippen molar-refractivity contribution in [1.29, 1.82) is 0 Å². The van der Waals surface area contributed by atoms with Gasteiger partial charge in [-0.1, -0.05) is 36.9 Å². The molecule has 0 radical (unpaired) electrons. The Morgan fingerprint density at radius 3 is 2.74 bits per heavy atom. The van der Waals surface area contributed by atoms with Crippen molar-refractivity contribution in [3.63, 3.8) is 0 Å². The molecule has 1 aromatic carbocycles. The van der Waals surface area contributed by atoms with Gasteiger partial charge in [-0.3, -0.25) is 4.79 Å². The summed E-state index contributed by atoms with van der Waals surface area (Å²) in [4.78, 5) is 16.8. The summed E-state index contributed by atoms with van der Waals surface area (Å²) in [6.45, 7) is 5.20. The Labute approximate surface area is 164 Å². The molecule has 0 fully saturated rings. The van der Waals surface area contributed by atoms with Crippen LogP contribution in [0.3, 0.4) is 0 Å². The quantitative estimate of drug-likeness (QED) is 0.652. The van der Waals surface area contributed by atoms with E-state index in [4.69, 9.17) is 9.47 Å². The van der Waals surface area contributed by atoms with Gasteiger partial charge >= 0.3 is 0 Å². The summed E-state index contributed by atoms with van der Waals surface area (Å²) in [6, 6.07) is 3.75. The summed E-state index contributed by atoms with van der Waals surface area (Å²) >= 11 is 2.76. The lowest BCUT2D eigenvalue weighted by Crippen LogP contribution is -2.15. The van der Waals surface area contributed by atoms with Gasteiger partial charge in [0.2, 0.25) is 5.91 Å². The fourth-order valence-electron chi connectivity index (χ4n) is 2.76. The van der Waals surface area contributed by atoms with E-state index in [2.05, 4.69) is 34.3 Å². The van der Waals surface area contributed by atoms with Gasteiger partial charge in [0.15, 0.2) is 21.8 Å². The zero-order valence-electron chi connectivity index (χ0n) is 15.2. The van der Waals surface area contributed by atoms with Crippen molar-refractivity contribution < 1.29 is 14.3 Å². The number of thioether (sulfide) groups is 1. The number of rotatable bonds is 5. The predicted molar refractivity (Wildman–Crippen MR) is 105 cm³/mol. The molecule has 27 heavy (non-hydrogen) atoms. The Kier molecular flexibility index (Phi) is 4.92. The maximum Gasteiger partial charge on any atom is 0.236 e. The number of ether oxygens (including phenoxy) is 2. The van der Waals surface area contributed by atoms with E-state index in [0.717, 1.165) is 21.2 Å². The summed E-state index contributed by atoms with van der Waals surface area (Å²) in [7, 11) is 1.91. The van der Waals surface area contributed by atoms with E-state index in [1.54, 1.807) is 0 Å². The number of thiazole rings is 1. The number of hydrogen-bond donors (Lipinski definition) is 1. The highest BCUT2D eigenvalue weighted by Gasteiger charge is 2.17. The van der Waals surface area contributed by atoms with Gasteiger partial charge in [0.1, 0.15) is 19.0 Å². The highest BCUT2D eigenvalue weighted by atomic mass is 32.2. The van der Waals surface area contributed by atoms with E-state index >= 15 is 0 Å². The molecular formula is C17H19N5O3S2. The van der Waals surface area contributed by atoms with Gasteiger partial charge in [-0.15, -0.1) is 10.2 Å². The van der Waals surface area contributed by atoms with Gasteiger partial charge in [-0.25, -0.2) is 4.98 Å². The molecule has 10 heteroatoms. The first-order valence-electron chi connectivity index (χ1n) is 8.53. The lowest BCUT2D eigenvalue weighted by Gasteiger charge is -2.17. The topological polar surface area (TPSA) is 91.2 Å². The molecule has 3 aromatic rings.